The van der Waals surface area contributed by atoms with Gasteiger partial charge in [-0.15, -0.1) is 0 Å². The van der Waals surface area contributed by atoms with Crippen molar-refractivity contribution in [3.63, 3.8) is 0 Å². The highest BCUT2D eigenvalue weighted by atomic mass is 28.4. The van der Waals surface area contributed by atoms with Crippen LogP contribution in [0.1, 0.15) is 53.4 Å². The van der Waals surface area contributed by atoms with E-state index in [2.05, 4.69) is 33.9 Å². The third-order valence-corrected chi connectivity index (χ3v) is 9.05. The summed E-state index contributed by atoms with van der Waals surface area (Å²) in [7, 11) is -1.73. The number of carbonyl (C=O) groups is 1. The van der Waals surface area contributed by atoms with Crippen molar-refractivity contribution in [3.05, 3.63) is 0 Å². The molecule has 1 aliphatic rings. The van der Waals surface area contributed by atoms with E-state index in [-0.39, 0.29) is 23.0 Å². The van der Waals surface area contributed by atoms with Crippen molar-refractivity contribution >= 4 is 14.3 Å². The fourth-order valence-electron chi connectivity index (χ4n) is 2.32. The van der Waals surface area contributed by atoms with Gasteiger partial charge in [0.1, 0.15) is 0 Å². The summed E-state index contributed by atoms with van der Waals surface area (Å²) in [5, 5.41) is 0.226. The molecule has 2 atom stereocenters. The Kier molecular flexibility index (Phi) is 5.62. The molecule has 0 saturated heterocycles. The minimum Gasteiger partial charge on any atom is -0.466 e. The maximum absolute atomic E-state index is 11.8. The van der Waals surface area contributed by atoms with E-state index >= 15 is 0 Å². The Bertz CT molecular complexity index is 307. The van der Waals surface area contributed by atoms with Gasteiger partial charge in [0.2, 0.25) is 0 Å². The van der Waals surface area contributed by atoms with Crippen molar-refractivity contribution < 1.29 is 14.0 Å². The molecule has 0 aromatic heterocycles. The normalized spacial score (nSPS) is 25.2. The highest BCUT2D eigenvalue weighted by Gasteiger charge is 2.40. The standard InChI is InChI=1S/C15H30O3Si/c1-7-17-14(16)12-9-8-10-13(11-12)18-19(5,6)15(2,3)4/h12-13H,7-11H2,1-6H3. The number of hydrogen-bond donors (Lipinski definition) is 0. The van der Waals surface area contributed by atoms with E-state index in [1.165, 1.54) is 0 Å². The van der Waals surface area contributed by atoms with E-state index in [4.69, 9.17) is 9.16 Å². The molecule has 0 heterocycles. The third-order valence-electron chi connectivity index (χ3n) is 4.51. The zero-order valence-corrected chi connectivity index (χ0v) is 14.4. The first-order valence-electron chi connectivity index (χ1n) is 7.52. The molecule has 0 radical (unpaired) electrons. The maximum Gasteiger partial charge on any atom is 0.309 e. The molecule has 1 rings (SSSR count). The lowest BCUT2D eigenvalue weighted by molar-refractivity contribution is -0.150. The lowest BCUT2D eigenvalue weighted by Gasteiger charge is -2.41. The van der Waals surface area contributed by atoms with E-state index in [0.717, 1.165) is 25.7 Å². The summed E-state index contributed by atoms with van der Waals surface area (Å²) in [6.07, 6.45) is 4.19. The highest BCUT2D eigenvalue weighted by molar-refractivity contribution is 6.74. The summed E-state index contributed by atoms with van der Waals surface area (Å²) in [5.41, 5.74) is 0. The van der Waals surface area contributed by atoms with Gasteiger partial charge >= 0.3 is 5.97 Å². The van der Waals surface area contributed by atoms with E-state index in [0.29, 0.717) is 6.61 Å². The molecule has 0 amide bonds. The second-order valence-electron chi connectivity index (χ2n) is 7.12. The van der Waals surface area contributed by atoms with Gasteiger partial charge in [-0.1, -0.05) is 27.2 Å². The second-order valence-corrected chi connectivity index (χ2v) is 11.9. The Labute approximate surface area is 119 Å². The van der Waals surface area contributed by atoms with Crippen molar-refractivity contribution in [2.45, 2.75) is 77.6 Å². The van der Waals surface area contributed by atoms with Crippen LogP contribution >= 0.6 is 0 Å². The largest absolute Gasteiger partial charge is 0.466 e. The van der Waals surface area contributed by atoms with Gasteiger partial charge in [0.05, 0.1) is 12.5 Å². The molecule has 112 valence electrons. The number of rotatable bonds is 4. The molecule has 0 N–H and O–H groups in total. The first kappa shape index (κ1) is 16.7. The Balaban J connectivity index is 2.58. The van der Waals surface area contributed by atoms with Crippen LogP contribution in [-0.2, 0) is 14.0 Å². The zero-order valence-electron chi connectivity index (χ0n) is 13.4. The summed E-state index contributed by atoms with van der Waals surface area (Å²) < 4.78 is 11.6. The Hall–Kier alpha value is -0.353. The summed E-state index contributed by atoms with van der Waals surface area (Å²) in [5.74, 6) is 0.00880. The Morgan fingerprint density at radius 3 is 2.42 bits per heavy atom. The first-order chi connectivity index (χ1) is 8.67. The third kappa shape index (κ3) is 4.60. The van der Waals surface area contributed by atoms with Gasteiger partial charge in [-0.25, -0.2) is 0 Å². The minimum absolute atomic E-state index is 0.0361. The van der Waals surface area contributed by atoms with Crippen molar-refractivity contribution in [3.8, 4) is 0 Å². The molecule has 1 saturated carbocycles. The fraction of sp³-hybridized carbons (Fsp3) is 0.933. The average Bonchev–Trinajstić information content (AvgIpc) is 2.27. The zero-order chi connectivity index (χ0) is 14.7. The molecule has 0 aliphatic heterocycles. The Morgan fingerprint density at radius 1 is 1.26 bits per heavy atom. The van der Waals surface area contributed by atoms with Gasteiger partial charge < -0.3 is 9.16 Å². The fourth-order valence-corrected chi connectivity index (χ4v) is 3.72. The predicted molar refractivity (Wildman–Crippen MR) is 80.7 cm³/mol. The van der Waals surface area contributed by atoms with E-state index in [1.807, 2.05) is 6.92 Å². The summed E-state index contributed by atoms with van der Waals surface area (Å²) in [4.78, 5) is 11.8. The molecule has 4 heteroatoms. The van der Waals surface area contributed by atoms with Crippen LogP contribution in [0.3, 0.4) is 0 Å². The van der Waals surface area contributed by atoms with Gasteiger partial charge in [-0.2, -0.15) is 0 Å². The second kappa shape index (κ2) is 6.40. The van der Waals surface area contributed by atoms with Crippen molar-refractivity contribution in [1.29, 1.82) is 0 Å². The first-order valence-corrected chi connectivity index (χ1v) is 10.4. The molecule has 0 aromatic carbocycles. The molecule has 0 bridgehead atoms. The molecule has 0 aromatic rings. The van der Waals surface area contributed by atoms with Gasteiger partial charge in [0.15, 0.2) is 8.32 Å². The number of hydrogen-bond acceptors (Lipinski definition) is 3. The minimum atomic E-state index is -1.73. The number of esters is 1. The molecule has 0 spiro atoms. The lowest BCUT2D eigenvalue weighted by atomic mass is 9.87. The summed E-state index contributed by atoms with van der Waals surface area (Å²) >= 11 is 0. The van der Waals surface area contributed by atoms with Crippen molar-refractivity contribution in [1.82, 2.24) is 0 Å². The van der Waals surface area contributed by atoms with E-state index < -0.39 is 8.32 Å². The van der Waals surface area contributed by atoms with Crippen LogP contribution < -0.4 is 0 Å². The molecule has 2 unspecified atom stereocenters. The topological polar surface area (TPSA) is 35.5 Å². The Morgan fingerprint density at radius 2 is 1.89 bits per heavy atom. The maximum atomic E-state index is 11.8. The quantitative estimate of drug-likeness (QED) is 0.576. The molecular formula is C15H30O3Si. The number of ether oxygens (including phenoxy) is 1. The summed E-state index contributed by atoms with van der Waals surface area (Å²) in [6.45, 7) is 13.7. The molecule has 3 nitrogen and oxygen atoms in total. The van der Waals surface area contributed by atoms with E-state index in [9.17, 15) is 4.79 Å². The van der Waals surface area contributed by atoms with Crippen LogP contribution in [0.15, 0.2) is 0 Å². The lowest BCUT2D eigenvalue weighted by Crippen LogP contribution is -2.45. The monoisotopic (exact) mass is 286 g/mol. The molecular weight excluding hydrogens is 256 g/mol. The van der Waals surface area contributed by atoms with Crippen molar-refractivity contribution in [2.75, 3.05) is 6.61 Å². The van der Waals surface area contributed by atoms with Gasteiger partial charge in [0, 0.05) is 6.10 Å². The van der Waals surface area contributed by atoms with Gasteiger partial charge in [-0.05, 0) is 44.3 Å². The van der Waals surface area contributed by atoms with Crippen LogP contribution in [0.4, 0.5) is 0 Å². The molecule has 19 heavy (non-hydrogen) atoms. The highest BCUT2D eigenvalue weighted by Crippen LogP contribution is 2.39. The van der Waals surface area contributed by atoms with Crippen LogP contribution in [0.2, 0.25) is 18.1 Å². The van der Waals surface area contributed by atoms with Gasteiger partial charge in [0.25, 0.3) is 0 Å². The molecule has 1 aliphatic carbocycles. The van der Waals surface area contributed by atoms with Crippen LogP contribution in [0, 0.1) is 5.92 Å². The summed E-state index contributed by atoms with van der Waals surface area (Å²) in [6, 6.07) is 0. The van der Waals surface area contributed by atoms with Gasteiger partial charge in [-0.3, -0.25) is 4.79 Å². The van der Waals surface area contributed by atoms with E-state index in [1.54, 1.807) is 0 Å². The number of carbonyl (C=O) groups excluding carboxylic acids is 1. The SMILES string of the molecule is CCOC(=O)C1CCCC(O[Si](C)(C)C(C)(C)C)C1. The van der Waals surface area contributed by atoms with Crippen LogP contribution in [-0.4, -0.2) is 27.0 Å². The predicted octanol–water partition coefficient (Wildman–Crippen LogP) is 4.13. The molecule has 1 fully saturated rings. The average molecular weight is 286 g/mol. The van der Waals surface area contributed by atoms with Crippen molar-refractivity contribution in [2.24, 2.45) is 5.92 Å². The van der Waals surface area contributed by atoms with Crippen LogP contribution in [0.5, 0.6) is 0 Å². The smallest absolute Gasteiger partial charge is 0.309 e. The van der Waals surface area contributed by atoms with Crippen LogP contribution in [0.25, 0.3) is 0 Å².